The fourth-order valence-corrected chi connectivity index (χ4v) is 3.17. The van der Waals surface area contributed by atoms with E-state index in [0.717, 1.165) is 25.7 Å². The molecule has 0 amide bonds. The van der Waals surface area contributed by atoms with E-state index < -0.39 is 10.0 Å². The highest BCUT2D eigenvalue weighted by Crippen LogP contribution is 2.13. The van der Waals surface area contributed by atoms with E-state index in [1.807, 2.05) is 6.92 Å². The smallest absolute Gasteiger partial charge is 0.214 e. The summed E-state index contributed by atoms with van der Waals surface area (Å²) in [7, 11) is -3.18. The normalized spacial score (nSPS) is 23.5. The van der Waals surface area contributed by atoms with Crippen LogP contribution in [0.5, 0.6) is 0 Å². The van der Waals surface area contributed by atoms with Gasteiger partial charge in [0, 0.05) is 18.5 Å². The molecule has 0 aromatic heterocycles. The summed E-state index contributed by atoms with van der Waals surface area (Å²) in [6.07, 6.45) is 3.28. The van der Waals surface area contributed by atoms with Crippen LogP contribution in [-0.2, 0) is 14.8 Å². The maximum absolute atomic E-state index is 11.6. The molecule has 0 aromatic carbocycles. The van der Waals surface area contributed by atoms with Gasteiger partial charge in [0.1, 0.15) is 0 Å². The largest absolute Gasteiger partial charge is 0.377 e. The van der Waals surface area contributed by atoms with Gasteiger partial charge in [0.2, 0.25) is 10.0 Å². The molecule has 1 rings (SSSR count). The first-order valence-corrected chi connectivity index (χ1v) is 7.81. The summed E-state index contributed by atoms with van der Waals surface area (Å²) >= 11 is 5.77. The number of hydrogen-bond acceptors (Lipinski definition) is 3. The first-order valence-electron chi connectivity index (χ1n) is 5.72. The standard InChI is InChI=1S/C10H20ClNO3S/c1-9(11)4-2-6-12-16(13,14)8-10-5-3-7-15-10/h9-10,12H,2-8H2,1H3. The lowest BCUT2D eigenvalue weighted by Crippen LogP contribution is -2.32. The molecule has 96 valence electrons. The highest BCUT2D eigenvalue weighted by molar-refractivity contribution is 7.89. The van der Waals surface area contributed by atoms with E-state index in [1.54, 1.807) is 0 Å². The van der Waals surface area contributed by atoms with E-state index in [1.165, 1.54) is 0 Å². The van der Waals surface area contributed by atoms with Gasteiger partial charge in [-0.05, 0) is 32.6 Å². The minimum absolute atomic E-state index is 0.0867. The first-order chi connectivity index (χ1) is 7.49. The Kier molecular flexibility index (Phi) is 6.03. The van der Waals surface area contributed by atoms with Crippen LogP contribution in [0.2, 0.25) is 0 Å². The summed E-state index contributed by atoms with van der Waals surface area (Å²) in [4.78, 5) is 0. The summed E-state index contributed by atoms with van der Waals surface area (Å²) in [6.45, 7) is 3.05. The molecule has 1 N–H and O–H groups in total. The van der Waals surface area contributed by atoms with Gasteiger partial charge in [0.05, 0.1) is 11.9 Å². The van der Waals surface area contributed by atoms with Gasteiger partial charge in [0.25, 0.3) is 0 Å². The Balaban J connectivity index is 2.18. The summed E-state index contributed by atoms with van der Waals surface area (Å²) < 4.78 is 31.1. The number of rotatable bonds is 7. The van der Waals surface area contributed by atoms with Crippen LogP contribution in [0.15, 0.2) is 0 Å². The SMILES string of the molecule is CC(Cl)CCCNS(=O)(=O)CC1CCCO1. The molecule has 0 aromatic rings. The van der Waals surface area contributed by atoms with Gasteiger partial charge in [0.15, 0.2) is 0 Å². The van der Waals surface area contributed by atoms with Crippen LogP contribution in [0.4, 0.5) is 0 Å². The number of alkyl halides is 1. The van der Waals surface area contributed by atoms with E-state index in [-0.39, 0.29) is 17.2 Å². The summed E-state index contributed by atoms with van der Waals surface area (Å²) in [5.74, 6) is 0.0867. The number of nitrogens with one attached hydrogen (secondary N) is 1. The third-order valence-corrected chi connectivity index (χ3v) is 4.20. The Morgan fingerprint density at radius 1 is 1.56 bits per heavy atom. The molecule has 1 aliphatic heterocycles. The highest BCUT2D eigenvalue weighted by Gasteiger charge is 2.22. The van der Waals surface area contributed by atoms with Crippen LogP contribution >= 0.6 is 11.6 Å². The Bertz CT molecular complexity index is 286. The lowest BCUT2D eigenvalue weighted by Gasteiger charge is -2.11. The Labute approximate surface area is 103 Å². The summed E-state index contributed by atoms with van der Waals surface area (Å²) in [5.41, 5.74) is 0. The van der Waals surface area contributed by atoms with Gasteiger partial charge in [-0.25, -0.2) is 13.1 Å². The van der Waals surface area contributed by atoms with Crippen molar-refractivity contribution >= 4 is 21.6 Å². The molecule has 1 saturated heterocycles. The third-order valence-electron chi connectivity index (χ3n) is 2.53. The predicted molar refractivity (Wildman–Crippen MR) is 65.3 cm³/mol. The molecule has 0 radical (unpaired) electrons. The minimum atomic E-state index is -3.18. The van der Waals surface area contributed by atoms with Gasteiger partial charge in [-0.3, -0.25) is 0 Å². The second-order valence-corrected chi connectivity index (χ2v) is 6.83. The molecule has 2 atom stereocenters. The minimum Gasteiger partial charge on any atom is -0.377 e. The van der Waals surface area contributed by atoms with Crippen LogP contribution in [-0.4, -0.2) is 38.8 Å². The number of sulfonamides is 1. The number of halogens is 1. The van der Waals surface area contributed by atoms with Crippen molar-refractivity contribution < 1.29 is 13.2 Å². The van der Waals surface area contributed by atoms with Crippen molar-refractivity contribution in [1.29, 1.82) is 0 Å². The molecule has 0 aliphatic carbocycles. The van der Waals surface area contributed by atoms with Crippen molar-refractivity contribution in [3.63, 3.8) is 0 Å². The van der Waals surface area contributed by atoms with E-state index >= 15 is 0 Å². The topological polar surface area (TPSA) is 55.4 Å². The Morgan fingerprint density at radius 3 is 2.88 bits per heavy atom. The zero-order valence-corrected chi connectivity index (χ0v) is 11.2. The fraction of sp³-hybridized carbons (Fsp3) is 1.00. The average Bonchev–Trinajstić information content (AvgIpc) is 2.64. The number of hydrogen-bond donors (Lipinski definition) is 1. The third kappa shape index (κ3) is 6.03. The van der Waals surface area contributed by atoms with Gasteiger partial charge >= 0.3 is 0 Å². The fourth-order valence-electron chi connectivity index (χ4n) is 1.69. The summed E-state index contributed by atoms with van der Waals surface area (Å²) in [6, 6.07) is 0. The lowest BCUT2D eigenvalue weighted by atomic mass is 10.2. The maximum Gasteiger partial charge on any atom is 0.214 e. The van der Waals surface area contributed by atoms with E-state index in [0.29, 0.717) is 13.2 Å². The quantitative estimate of drug-likeness (QED) is 0.563. The van der Waals surface area contributed by atoms with Crippen molar-refractivity contribution in [2.24, 2.45) is 0 Å². The second kappa shape index (κ2) is 6.79. The average molecular weight is 270 g/mol. The van der Waals surface area contributed by atoms with Crippen molar-refractivity contribution in [2.45, 2.75) is 44.1 Å². The van der Waals surface area contributed by atoms with Gasteiger partial charge in [-0.15, -0.1) is 11.6 Å². The van der Waals surface area contributed by atoms with Crippen LogP contribution in [0.1, 0.15) is 32.6 Å². The molecular formula is C10H20ClNO3S. The van der Waals surface area contributed by atoms with E-state index in [2.05, 4.69) is 4.72 Å². The predicted octanol–water partition coefficient (Wildman–Crippen LogP) is 1.49. The molecule has 6 heteroatoms. The van der Waals surface area contributed by atoms with Crippen molar-refractivity contribution in [2.75, 3.05) is 18.9 Å². The zero-order chi connectivity index (χ0) is 12.0. The maximum atomic E-state index is 11.6. The van der Waals surface area contributed by atoms with E-state index in [9.17, 15) is 8.42 Å². The number of ether oxygens (including phenoxy) is 1. The molecular weight excluding hydrogens is 250 g/mol. The van der Waals surface area contributed by atoms with Crippen LogP contribution in [0.3, 0.4) is 0 Å². The second-order valence-electron chi connectivity index (χ2n) is 4.23. The van der Waals surface area contributed by atoms with E-state index in [4.69, 9.17) is 16.3 Å². The lowest BCUT2D eigenvalue weighted by molar-refractivity contribution is 0.127. The Morgan fingerprint density at radius 2 is 2.31 bits per heavy atom. The van der Waals surface area contributed by atoms with Gasteiger partial charge in [-0.2, -0.15) is 0 Å². The Hall–Kier alpha value is 0.160. The van der Waals surface area contributed by atoms with Gasteiger partial charge < -0.3 is 4.74 Å². The monoisotopic (exact) mass is 269 g/mol. The molecule has 0 saturated carbocycles. The first kappa shape index (κ1) is 14.2. The van der Waals surface area contributed by atoms with Crippen molar-refractivity contribution in [1.82, 2.24) is 4.72 Å². The zero-order valence-electron chi connectivity index (χ0n) is 9.62. The molecule has 2 unspecified atom stereocenters. The van der Waals surface area contributed by atoms with Crippen LogP contribution in [0, 0.1) is 0 Å². The molecule has 1 aliphatic rings. The van der Waals surface area contributed by atoms with Gasteiger partial charge in [-0.1, -0.05) is 0 Å². The van der Waals surface area contributed by atoms with Crippen molar-refractivity contribution in [3.8, 4) is 0 Å². The molecule has 0 spiro atoms. The van der Waals surface area contributed by atoms with Crippen molar-refractivity contribution in [3.05, 3.63) is 0 Å². The molecule has 1 fully saturated rings. The molecule has 4 nitrogen and oxygen atoms in total. The van der Waals surface area contributed by atoms with Crippen LogP contribution in [0.25, 0.3) is 0 Å². The molecule has 0 bridgehead atoms. The highest BCUT2D eigenvalue weighted by atomic mass is 35.5. The van der Waals surface area contributed by atoms with Crippen LogP contribution < -0.4 is 4.72 Å². The molecule has 1 heterocycles. The molecule has 16 heavy (non-hydrogen) atoms. The summed E-state index contributed by atoms with van der Waals surface area (Å²) in [5, 5.41) is 0.0997.